The normalized spacial score (nSPS) is 15.1. The quantitative estimate of drug-likeness (QED) is 0.409. The van der Waals surface area contributed by atoms with Crippen LogP contribution in [0.15, 0.2) is 0 Å². The summed E-state index contributed by atoms with van der Waals surface area (Å²) in [5.41, 5.74) is 0. The summed E-state index contributed by atoms with van der Waals surface area (Å²) in [5.74, 6) is -1.92. The molecule has 48 valence electrons. The summed E-state index contributed by atoms with van der Waals surface area (Å²) in [6, 6.07) is 3.05. The third kappa shape index (κ3) is 2.09. The maximum atomic E-state index is 8.82. The lowest BCUT2D eigenvalue weighted by atomic mass is 10.2. The van der Waals surface area contributed by atoms with Crippen LogP contribution in [0, 0.1) is 22.7 Å². The fourth-order valence-corrected chi connectivity index (χ4v) is 0.264. The van der Waals surface area contributed by atoms with Gasteiger partial charge in [-0.05, 0) is 0 Å². The van der Waals surface area contributed by atoms with E-state index in [9.17, 15) is 0 Å². The molecule has 0 amide bonds. The van der Waals surface area contributed by atoms with E-state index >= 15 is 0 Å². The zero-order valence-corrected chi connectivity index (χ0v) is 4.96. The number of methoxy groups -OCH3 is 1. The number of hydrogen-bond donors (Lipinski definition) is 1. The van der Waals surface area contributed by atoms with Crippen molar-refractivity contribution >= 4 is 0 Å². The van der Waals surface area contributed by atoms with Gasteiger partial charge in [-0.15, -0.1) is 0 Å². The molecule has 1 atom stereocenters. The fourth-order valence-electron chi connectivity index (χ4n) is 0.264. The van der Waals surface area contributed by atoms with Crippen LogP contribution in [-0.2, 0) is 4.74 Å². The van der Waals surface area contributed by atoms with Crippen LogP contribution in [0.5, 0.6) is 0 Å². The first kappa shape index (κ1) is 7.90. The molecule has 4 heteroatoms. The van der Waals surface area contributed by atoms with Gasteiger partial charge in [0.2, 0.25) is 0 Å². The maximum absolute atomic E-state index is 8.82. The van der Waals surface area contributed by atoms with Crippen LogP contribution in [0.4, 0.5) is 0 Å². The summed E-state index contributed by atoms with van der Waals surface area (Å²) < 4.78 is 4.30. The maximum Gasteiger partial charge on any atom is 0.270 e. The lowest BCUT2D eigenvalue weighted by molar-refractivity contribution is -0.134. The van der Waals surface area contributed by atoms with Crippen molar-refractivity contribution in [1.29, 1.82) is 10.5 Å². The van der Waals surface area contributed by atoms with Crippen molar-refractivity contribution in [2.45, 2.75) is 12.2 Å². The number of aliphatic hydroxyl groups is 1. The van der Waals surface area contributed by atoms with Gasteiger partial charge in [0.1, 0.15) is 12.5 Å². The highest BCUT2D eigenvalue weighted by Crippen LogP contribution is 2.06. The number of ether oxygens (including phenoxy) is 1. The number of nitrogens with zero attached hydrogens (tertiary/aromatic N) is 2. The smallest absolute Gasteiger partial charge is 0.270 e. The van der Waals surface area contributed by atoms with Gasteiger partial charge in [-0.25, -0.2) is 0 Å². The lowest BCUT2D eigenvalue weighted by Gasteiger charge is -2.12. The molecule has 0 aromatic carbocycles. The van der Waals surface area contributed by atoms with E-state index in [0.717, 1.165) is 0 Å². The summed E-state index contributed by atoms with van der Waals surface area (Å²) in [5, 5.41) is 25.0. The second kappa shape index (κ2) is 3.03. The largest absolute Gasteiger partial charge is 0.353 e. The third-order valence-electron chi connectivity index (χ3n) is 0.831. The molecule has 0 saturated carbocycles. The summed E-state index contributed by atoms with van der Waals surface area (Å²) in [4.78, 5) is 0. The van der Waals surface area contributed by atoms with E-state index in [1.807, 2.05) is 0 Å². The highest BCUT2D eigenvalue weighted by atomic mass is 16.6. The summed E-state index contributed by atoms with van der Waals surface area (Å²) in [7, 11) is 1.17. The van der Waals surface area contributed by atoms with Crippen LogP contribution in [-0.4, -0.2) is 18.0 Å². The minimum atomic E-state index is -1.92. The van der Waals surface area contributed by atoms with Gasteiger partial charge < -0.3 is 9.84 Å². The van der Waals surface area contributed by atoms with Gasteiger partial charge in [-0.3, -0.25) is 0 Å². The number of nitriles is 2. The van der Waals surface area contributed by atoms with E-state index in [-0.39, 0.29) is 6.42 Å². The van der Waals surface area contributed by atoms with Crippen molar-refractivity contribution in [3.8, 4) is 12.1 Å². The van der Waals surface area contributed by atoms with Crippen LogP contribution in [0.2, 0.25) is 0 Å². The first-order valence-electron chi connectivity index (χ1n) is 2.24. The zero-order valence-electron chi connectivity index (χ0n) is 4.96. The summed E-state index contributed by atoms with van der Waals surface area (Å²) in [6.45, 7) is 0. The molecule has 0 bridgehead atoms. The van der Waals surface area contributed by atoms with Crippen molar-refractivity contribution in [2.24, 2.45) is 0 Å². The Morgan fingerprint density at radius 2 is 2.22 bits per heavy atom. The van der Waals surface area contributed by atoms with E-state index < -0.39 is 5.79 Å². The Morgan fingerprint density at radius 3 is 2.33 bits per heavy atom. The molecule has 0 aromatic rings. The first-order chi connectivity index (χ1) is 4.18. The van der Waals surface area contributed by atoms with E-state index in [4.69, 9.17) is 15.6 Å². The number of hydrogen-bond acceptors (Lipinski definition) is 4. The Morgan fingerprint density at radius 1 is 1.67 bits per heavy atom. The minimum absolute atomic E-state index is 0.333. The molecular formula is C5H6N2O2. The SMILES string of the molecule is COC(O)(C#N)CC#N. The van der Waals surface area contributed by atoms with Crippen molar-refractivity contribution in [1.82, 2.24) is 0 Å². The molecule has 1 N–H and O–H groups in total. The monoisotopic (exact) mass is 126 g/mol. The first-order valence-corrected chi connectivity index (χ1v) is 2.24. The molecule has 0 fully saturated rings. The molecule has 0 radical (unpaired) electrons. The average molecular weight is 126 g/mol. The summed E-state index contributed by atoms with van der Waals surface area (Å²) in [6.07, 6.45) is -0.333. The predicted octanol–water partition coefficient (Wildman–Crippen LogP) is -0.241. The molecule has 0 spiro atoms. The van der Waals surface area contributed by atoms with Gasteiger partial charge in [-0.2, -0.15) is 10.5 Å². The van der Waals surface area contributed by atoms with Crippen LogP contribution in [0.1, 0.15) is 6.42 Å². The van der Waals surface area contributed by atoms with Crippen LogP contribution in [0.3, 0.4) is 0 Å². The van der Waals surface area contributed by atoms with Gasteiger partial charge in [0.25, 0.3) is 5.79 Å². The van der Waals surface area contributed by atoms with E-state index in [0.29, 0.717) is 0 Å². The van der Waals surface area contributed by atoms with Crippen molar-refractivity contribution in [2.75, 3.05) is 7.11 Å². The van der Waals surface area contributed by atoms with Gasteiger partial charge >= 0.3 is 0 Å². The molecule has 0 aliphatic rings. The minimum Gasteiger partial charge on any atom is -0.353 e. The molecule has 0 aliphatic heterocycles. The average Bonchev–Trinajstić information content (AvgIpc) is 1.89. The van der Waals surface area contributed by atoms with Gasteiger partial charge in [-0.1, -0.05) is 0 Å². The van der Waals surface area contributed by atoms with E-state index in [1.54, 1.807) is 6.07 Å². The highest BCUT2D eigenvalue weighted by molar-refractivity contribution is 4.98. The molecule has 4 nitrogen and oxygen atoms in total. The Hall–Kier alpha value is -1.10. The molecule has 9 heavy (non-hydrogen) atoms. The standard InChI is InChI=1S/C5H6N2O2/c1-9-5(8,4-7)2-3-6/h8H,2H2,1H3. The molecule has 1 unspecified atom stereocenters. The fraction of sp³-hybridized carbons (Fsp3) is 0.600. The van der Waals surface area contributed by atoms with Crippen molar-refractivity contribution in [3.05, 3.63) is 0 Å². The Balaban J connectivity index is 4.01. The molecule has 0 aliphatic carbocycles. The Labute approximate surface area is 52.9 Å². The third-order valence-corrected chi connectivity index (χ3v) is 0.831. The van der Waals surface area contributed by atoms with Gasteiger partial charge in [0.05, 0.1) is 6.07 Å². The zero-order chi connectivity index (χ0) is 7.33. The Kier molecular flexibility index (Phi) is 2.66. The second-order valence-corrected chi connectivity index (χ2v) is 1.44. The lowest BCUT2D eigenvalue weighted by Crippen LogP contribution is -2.27. The van der Waals surface area contributed by atoms with Crippen molar-refractivity contribution in [3.63, 3.8) is 0 Å². The van der Waals surface area contributed by atoms with Crippen molar-refractivity contribution < 1.29 is 9.84 Å². The van der Waals surface area contributed by atoms with Crippen LogP contribution in [0.25, 0.3) is 0 Å². The second-order valence-electron chi connectivity index (χ2n) is 1.44. The molecule has 0 aromatic heterocycles. The van der Waals surface area contributed by atoms with Gasteiger partial charge in [0, 0.05) is 7.11 Å². The molecule has 0 rings (SSSR count). The van der Waals surface area contributed by atoms with Gasteiger partial charge in [0.15, 0.2) is 0 Å². The molecular weight excluding hydrogens is 120 g/mol. The molecule has 0 heterocycles. The molecule has 0 saturated heterocycles. The van der Waals surface area contributed by atoms with Crippen LogP contribution >= 0.6 is 0 Å². The van der Waals surface area contributed by atoms with Crippen LogP contribution < -0.4 is 0 Å². The summed E-state index contributed by atoms with van der Waals surface area (Å²) >= 11 is 0. The van der Waals surface area contributed by atoms with E-state index in [1.165, 1.54) is 13.2 Å². The number of rotatable bonds is 2. The van der Waals surface area contributed by atoms with E-state index in [2.05, 4.69) is 4.74 Å². The highest BCUT2D eigenvalue weighted by Gasteiger charge is 2.24. The Bertz CT molecular complexity index is 167. The topological polar surface area (TPSA) is 77.0 Å². The predicted molar refractivity (Wildman–Crippen MR) is 27.8 cm³/mol.